The van der Waals surface area contributed by atoms with Crippen LogP contribution < -0.4 is 0 Å². The van der Waals surface area contributed by atoms with E-state index in [1.54, 1.807) is 0 Å². The van der Waals surface area contributed by atoms with Crippen LogP contribution in [0.1, 0.15) is 13.3 Å². The second-order valence-corrected chi connectivity index (χ2v) is 2.47. The molecule has 0 aromatic carbocycles. The minimum atomic E-state index is -0.253. The van der Waals surface area contributed by atoms with E-state index in [9.17, 15) is 0 Å². The highest BCUT2D eigenvalue weighted by Gasteiger charge is 2.06. The molecule has 1 atom stereocenters. The van der Waals surface area contributed by atoms with E-state index in [1.165, 1.54) is 0 Å². The smallest absolute Gasteiger partial charge is 0.104 e. The minimum Gasteiger partial charge on any atom is -0.394 e. The van der Waals surface area contributed by atoms with E-state index < -0.39 is 0 Å². The molecule has 0 rings (SSSR count). The summed E-state index contributed by atoms with van der Waals surface area (Å²) in [4.78, 5) is 0. The maximum atomic E-state index is 8.78. The molecular weight excluding hydrogens is 160 g/mol. The number of hydrogen-bond donors (Lipinski definition) is 2. The molecule has 0 radical (unpaired) electrons. The second kappa shape index (κ2) is 8.93. The van der Waals surface area contributed by atoms with E-state index in [-0.39, 0.29) is 19.3 Å². The lowest BCUT2D eigenvalue weighted by molar-refractivity contribution is -0.0469. The Morgan fingerprint density at radius 2 is 2.00 bits per heavy atom. The molecule has 0 aliphatic heterocycles. The molecule has 0 heterocycles. The summed E-state index contributed by atoms with van der Waals surface area (Å²) in [7, 11) is 0. The maximum absolute atomic E-state index is 8.78. The van der Waals surface area contributed by atoms with Crippen LogP contribution in [0.2, 0.25) is 0 Å². The van der Waals surface area contributed by atoms with Gasteiger partial charge in [-0.3, -0.25) is 0 Å². The molecule has 0 aromatic rings. The van der Waals surface area contributed by atoms with Gasteiger partial charge in [-0.1, -0.05) is 6.92 Å². The Morgan fingerprint density at radius 3 is 2.50 bits per heavy atom. The van der Waals surface area contributed by atoms with Crippen LogP contribution in [0.3, 0.4) is 0 Å². The van der Waals surface area contributed by atoms with Gasteiger partial charge in [0.25, 0.3) is 0 Å². The molecule has 0 aromatic heterocycles. The summed E-state index contributed by atoms with van der Waals surface area (Å²) in [5.41, 5.74) is 0. The molecule has 2 N–H and O–H groups in total. The first-order valence-corrected chi connectivity index (χ1v) is 4.26. The van der Waals surface area contributed by atoms with Crippen LogP contribution in [-0.2, 0) is 9.47 Å². The summed E-state index contributed by atoms with van der Waals surface area (Å²) in [5.74, 6) is 0. The van der Waals surface area contributed by atoms with Gasteiger partial charge in [-0.15, -0.1) is 0 Å². The Kier molecular flexibility index (Phi) is 8.81. The van der Waals surface area contributed by atoms with Crippen molar-refractivity contribution in [3.8, 4) is 0 Å². The SMILES string of the molecule is CCCOC(CO)COCCO. The standard InChI is InChI=1S/C8H18O4/c1-2-4-12-8(6-10)7-11-5-3-9/h8-10H,2-7H2,1H3. The average molecular weight is 178 g/mol. The van der Waals surface area contributed by atoms with E-state index in [1.807, 2.05) is 6.92 Å². The van der Waals surface area contributed by atoms with Crippen molar-refractivity contribution in [2.24, 2.45) is 0 Å². The quantitative estimate of drug-likeness (QED) is 0.505. The monoisotopic (exact) mass is 178 g/mol. The van der Waals surface area contributed by atoms with Crippen molar-refractivity contribution >= 4 is 0 Å². The molecule has 0 fully saturated rings. The lowest BCUT2D eigenvalue weighted by Crippen LogP contribution is -2.25. The van der Waals surface area contributed by atoms with Gasteiger partial charge < -0.3 is 19.7 Å². The average Bonchev–Trinajstić information content (AvgIpc) is 2.11. The highest BCUT2D eigenvalue weighted by molar-refractivity contribution is 4.53. The van der Waals surface area contributed by atoms with Crippen LogP contribution in [0, 0.1) is 0 Å². The molecule has 0 saturated heterocycles. The van der Waals surface area contributed by atoms with Crippen LogP contribution >= 0.6 is 0 Å². The van der Waals surface area contributed by atoms with E-state index in [0.717, 1.165) is 6.42 Å². The van der Waals surface area contributed by atoms with E-state index in [0.29, 0.717) is 19.8 Å². The molecule has 0 aliphatic rings. The minimum absolute atomic E-state index is 0.00588. The van der Waals surface area contributed by atoms with Crippen molar-refractivity contribution in [2.75, 3.05) is 33.0 Å². The molecule has 0 aliphatic carbocycles. The third-order valence-electron chi connectivity index (χ3n) is 1.30. The molecule has 0 saturated carbocycles. The molecule has 12 heavy (non-hydrogen) atoms. The summed E-state index contributed by atoms with van der Waals surface area (Å²) < 4.78 is 10.2. The third kappa shape index (κ3) is 6.54. The third-order valence-corrected chi connectivity index (χ3v) is 1.30. The Labute approximate surface area is 73.1 Å². The van der Waals surface area contributed by atoms with Crippen molar-refractivity contribution in [3.05, 3.63) is 0 Å². The Balaban J connectivity index is 3.26. The van der Waals surface area contributed by atoms with E-state index in [2.05, 4.69) is 0 Å². The topological polar surface area (TPSA) is 58.9 Å². The van der Waals surface area contributed by atoms with Crippen molar-refractivity contribution in [1.82, 2.24) is 0 Å². The van der Waals surface area contributed by atoms with Crippen LogP contribution in [0.15, 0.2) is 0 Å². The number of aliphatic hydroxyl groups is 2. The number of hydrogen-bond acceptors (Lipinski definition) is 4. The van der Waals surface area contributed by atoms with Crippen molar-refractivity contribution < 1.29 is 19.7 Å². The van der Waals surface area contributed by atoms with Gasteiger partial charge in [-0.2, -0.15) is 0 Å². The molecule has 4 nitrogen and oxygen atoms in total. The zero-order valence-corrected chi connectivity index (χ0v) is 7.53. The van der Waals surface area contributed by atoms with Crippen molar-refractivity contribution in [2.45, 2.75) is 19.4 Å². The number of aliphatic hydroxyl groups excluding tert-OH is 2. The first-order chi connectivity index (χ1) is 5.85. The van der Waals surface area contributed by atoms with E-state index >= 15 is 0 Å². The first kappa shape index (κ1) is 11.8. The van der Waals surface area contributed by atoms with Gasteiger partial charge in [0.1, 0.15) is 6.10 Å². The summed E-state index contributed by atoms with van der Waals surface area (Å²) in [6.45, 7) is 3.25. The van der Waals surface area contributed by atoms with Gasteiger partial charge in [0.05, 0.1) is 26.4 Å². The van der Waals surface area contributed by atoms with Crippen molar-refractivity contribution in [1.29, 1.82) is 0 Å². The summed E-state index contributed by atoms with van der Waals surface area (Å²) in [6.07, 6.45) is 0.674. The lowest BCUT2D eigenvalue weighted by atomic mass is 10.4. The highest BCUT2D eigenvalue weighted by atomic mass is 16.5. The summed E-state index contributed by atoms with van der Waals surface area (Å²) >= 11 is 0. The number of rotatable bonds is 8. The van der Waals surface area contributed by atoms with Gasteiger partial charge >= 0.3 is 0 Å². The molecular formula is C8H18O4. The summed E-state index contributed by atoms with van der Waals surface area (Å²) in [5, 5.41) is 17.2. The fourth-order valence-electron chi connectivity index (χ4n) is 0.717. The van der Waals surface area contributed by atoms with Crippen LogP contribution in [-0.4, -0.2) is 49.4 Å². The molecule has 4 heteroatoms. The molecule has 0 bridgehead atoms. The zero-order chi connectivity index (χ0) is 9.23. The highest BCUT2D eigenvalue weighted by Crippen LogP contribution is 1.93. The van der Waals surface area contributed by atoms with Gasteiger partial charge in [0, 0.05) is 6.61 Å². The second-order valence-electron chi connectivity index (χ2n) is 2.47. The largest absolute Gasteiger partial charge is 0.394 e. The van der Waals surface area contributed by atoms with Gasteiger partial charge in [-0.25, -0.2) is 0 Å². The van der Waals surface area contributed by atoms with Gasteiger partial charge in [0.2, 0.25) is 0 Å². The maximum Gasteiger partial charge on any atom is 0.104 e. The molecule has 74 valence electrons. The first-order valence-electron chi connectivity index (χ1n) is 4.26. The molecule has 1 unspecified atom stereocenters. The normalized spacial score (nSPS) is 13.2. The molecule has 0 amide bonds. The molecule has 0 spiro atoms. The van der Waals surface area contributed by atoms with E-state index in [4.69, 9.17) is 19.7 Å². The fraction of sp³-hybridized carbons (Fsp3) is 1.00. The predicted molar refractivity (Wildman–Crippen MR) is 45.0 cm³/mol. The van der Waals surface area contributed by atoms with Crippen molar-refractivity contribution in [3.63, 3.8) is 0 Å². The number of ether oxygens (including phenoxy) is 2. The van der Waals surface area contributed by atoms with Crippen LogP contribution in [0.4, 0.5) is 0 Å². The van der Waals surface area contributed by atoms with Crippen LogP contribution in [0.5, 0.6) is 0 Å². The van der Waals surface area contributed by atoms with Gasteiger partial charge in [0.15, 0.2) is 0 Å². The fourth-order valence-corrected chi connectivity index (χ4v) is 0.717. The van der Waals surface area contributed by atoms with Crippen LogP contribution in [0.25, 0.3) is 0 Å². The Hall–Kier alpha value is -0.160. The van der Waals surface area contributed by atoms with Gasteiger partial charge in [-0.05, 0) is 6.42 Å². The lowest BCUT2D eigenvalue weighted by Gasteiger charge is -2.14. The Bertz CT molecular complexity index is 87.1. The Morgan fingerprint density at radius 1 is 1.25 bits per heavy atom. The zero-order valence-electron chi connectivity index (χ0n) is 7.53. The predicted octanol–water partition coefficient (Wildman–Crippen LogP) is -0.217. The summed E-state index contributed by atoms with van der Waals surface area (Å²) in [6, 6.07) is 0.